The molecule has 0 N–H and O–H groups in total. The molecular formula is C55H72Cl2N2O14. The van der Waals surface area contributed by atoms with Crippen molar-refractivity contribution in [1.82, 2.24) is 0 Å². The highest BCUT2D eigenvalue weighted by Crippen LogP contribution is 2.51. The summed E-state index contributed by atoms with van der Waals surface area (Å²) in [6, 6.07) is 13.9. The number of quaternary nitrogens is 2. The second kappa shape index (κ2) is 26.7. The van der Waals surface area contributed by atoms with E-state index in [4.69, 9.17) is 56.8 Å². The van der Waals surface area contributed by atoms with Crippen LogP contribution in [0.4, 0.5) is 0 Å². The Balaban J connectivity index is 0.00000578. The van der Waals surface area contributed by atoms with Crippen molar-refractivity contribution in [2.24, 2.45) is 0 Å². The zero-order valence-corrected chi connectivity index (χ0v) is 46.1. The molecule has 18 heteroatoms. The first-order valence-electron chi connectivity index (χ1n) is 23.8. The number of rotatable bonds is 23. The second-order valence-electron chi connectivity index (χ2n) is 18.3. The normalized spacial score (nSPS) is 18.3. The zero-order chi connectivity index (χ0) is 51.5. The molecule has 0 saturated carbocycles. The highest BCUT2D eigenvalue weighted by Gasteiger charge is 2.44. The minimum atomic E-state index is -0.737. The van der Waals surface area contributed by atoms with Gasteiger partial charge in [-0.1, -0.05) is 0 Å². The topological polar surface area (TPSA) is 145 Å². The smallest absolute Gasteiger partial charge is 0.384 e. The minimum Gasteiger partial charge on any atom is -1.00 e. The summed E-state index contributed by atoms with van der Waals surface area (Å²) < 4.78 is 70.1. The molecule has 2 aliphatic heterocycles. The third-order valence-corrected chi connectivity index (χ3v) is 14.3. The summed E-state index contributed by atoms with van der Waals surface area (Å²) in [5, 5.41) is 0. The van der Waals surface area contributed by atoms with Gasteiger partial charge in [-0.05, 0) is 70.6 Å². The molecule has 0 fully saturated rings. The van der Waals surface area contributed by atoms with E-state index in [2.05, 4.69) is 38.1 Å². The fourth-order valence-corrected chi connectivity index (χ4v) is 10.5. The Morgan fingerprint density at radius 2 is 0.918 bits per heavy atom. The molecule has 4 atom stereocenters. The molecule has 0 aliphatic carbocycles. The van der Waals surface area contributed by atoms with Crippen LogP contribution in [0.1, 0.15) is 64.7 Å². The summed E-state index contributed by atoms with van der Waals surface area (Å²) in [7, 11) is 22.2. The fraction of sp³-hybridized carbons (Fsp3) is 0.491. The maximum atomic E-state index is 13.2. The van der Waals surface area contributed by atoms with E-state index >= 15 is 0 Å². The first-order valence-corrected chi connectivity index (χ1v) is 23.8. The standard InChI is InChI=1S/C55H72N2O14.2ClH/c1-56(23-19-37-32-43(60-3)44(61-4)34-40(37)41(56)26-35-28-45(62-5)52(67-10)46(29-35)63-6)21-14-16-39(58)17-18-50(59)71-25-15-22-57(2)24-20-38-33-49(66-9)54(69-12)55(70-13)51(38)42(57)27-36-30-47(64-7)53(68-11)48(31-36)65-8;;/h28-34,41-42H,14-16,19-27H2,1-13H3;2*1H/q+2;;/p-2. The Morgan fingerprint density at radius 3 is 1.41 bits per heavy atom. The van der Waals surface area contributed by atoms with Crippen molar-refractivity contribution >= 4 is 11.8 Å². The Hall–Kier alpha value is -6.12. The van der Waals surface area contributed by atoms with Crippen molar-refractivity contribution in [3.63, 3.8) is 0 Å². The van der Waals surface area contributed by atoms with Crippen LogP contribution in [-0.2, 0) is 40.0 Å². The van der Waals surface area contributed by atoms with E-state index in [1.807, 2.05) is 30.3 Å². The van der Waals surface area contributed by atoms with Crippen LogP contribution >= 0.6 is 0 Å². The number of likely N-dealkylation sites (N-methyl/N-ethyl adjacent to an activating group) is 2. The van der Waals surface area contributed by atoms with Gasteiger partial charge in [0.05, 0.1) is 131 Å². The average molecular weight is 1060 g/mol. The van der Waals surface area contributed by atoms with E-state index in [1.165, 1.54) is 5.56 Å². The van der Waals surface area contributed by atoms with Crippen LogP contribution in [0, 0.1) is 11.8 Å². The van der Waals surface area contributed by atoms with E-state index in [9.17, 15) is 9.59 Å². The number of halogens is 2. The van der Waals surface area contributed by atoms with E-state index in [1.54, 1.807) is 78.2 Å². The molecule has 0 radical (unpaired) electrons. The van der Waals surface area contributed by atoms with Gasteiger partial charge < -0.3 is 90.6 Å². The summed E-state index contributed by atoms with van der Waals surface area (Å²) in [6.07, 6.45) is 4.10. The number of hydrogen-bond donors (Lipinski definition) is 0. The Morgan fingerprint density at radius 1 is 0.493 bits per heavy atom. The molecule has 0 amide bonds. The Kier molecular flexibility index (Phi) is 21.8. The molecule has 2 heterocycles. The molecular weight excluding hydrogens is 984 g/mol. The molecule has 0 spiro atoms. The number of fused-ring (bicyclic) bond motifs is 2. The molecule has 73 heavy (non-hydrogen) atoms. The second-order valence-corrected chi connectivity index (χ2v) is 18.3. The lowest BCUT2D eigenvalue weighted by molar-refractivity contribution is -0.941. The number of ether oxygens (including phenoxy) is 12. The first kappa shape index (κ1) is 59.4. The Bertz CT molecular complexity index is 2570. The SMILES string of the molecule is COc1cc2c(cc1OC)C(Cc1cc(OC)c(OC)c(OC)c1)[N+](C)(CCCC(=O)C#CC(=O)OCCC[N+]1(C)CCc3cc(OC)c(OC)c(OC)c3C1Cc1cc(OC)c(OC)c(OC)c1)CC2.[Cl-].[Cl-]. The summed E-state index contributed by atoms with van der Waals surface area (Å²) in [6.45, 7) is 3.10. The summed E-state index contributed by atoms with van der Waals surface area (Å²) in [5.41, 5.74) is 6.43. The van der Waals surface area contributed by atoms with Crippen LogP contribution < -0.4 is 76.9 Å². The third kappa shape index (κ3) is 13.0. The van der Waals surface area contributed by atoms with Gasteiger partial charge in [-0.3, -0.25) is 4.79 Å². The van der Waals surface area contributed by atoms with Crippen LogP contribution in [0.15, 0.2) is 42.5 Å². The van der Waals surface area contributed by atoms with Gasteiger partial charge in [0, 0.05) is 56.4 Å². The van der Waals surface area contributed by atoms with Gasteiger partial charge in [-0.15, -0.1) is 0 Å². The van der Waals surface area contributed by atoms with Crippen LogP contribution in [0.25, 0.3) is 0 Å². The minimum absolute atomic E-state index is 0. The van der Waals surface area contributed by atoms with Gasteiger partial charge in [-0.25, -0.2) is 4.79 Å². The van der Waals surface area contributed by atoms with Gasteiger partial charge in [0.2, 0.25) is 23.0 Å². The number of carbonyl (C=O) groups is 2. The van der Waals surface area contributed by atoms with E-state index < -0.39 is 5.97 Å². The number of hydrogen-bond acceptors (Lipinski definition) is 14. The largest absolute Gasteiger partial charge is 1.00 e. The maximum Gasteiger partial charge on any atom is 0.384 e. The number of esters is 1. The number of Topliss-reactive ketones (excluding diaryl/α,β-unsaturated/α-hetero) is 1. The van der Waals surface area contributed by atoms with Crippen LogP contribution in [0.3, 0.4) is 0 Å². The summed E-state index contributed by atoms with van der Waals surface area (Å²) in [5.74, 6) is 10.3. The van der Waals surface area contributed by atoms with Crippen LogP contribution in [0.5, 0.6) is 63.2 Å². The molecule has 4 aromatic carbocycles. The van der Waals surface area contributed by atoms with Gasteiger partial charge in [0.1, 0.15) is 12.1 Å². The zero-order valence-electron chi connectivity index (χ0n) is 44.5. The molecule has 4 unspecified atom stereocenters. The summed E-state index contributed by atoms with van der Waals surface area (Å²) >= 11 is 0. The van der Waals surface area contributed by atoms with Gasteiger partial charge in [0.15, 0.2) is 46.0 Å². The lowest BCUT2D eigenvalue weighted by Gasteiger charge is -2.46. The molecule has 2 aliphatic rings. The average Bonchev–Trinajstić information content (AvgIpc) is 3.39. The number of benzene rings is 4. The van der Waals surface area contributed by atoms with Crippen molar-refractivity contribution in [1.29, 1.82) is 0 Å². The van der Waals surface area contributed by atoms with Crippen molar-refractivity contribution in [2.45, 2.75) is 57.0 Å². The number of carbonyl (C=O) groups excluding carboxylic acids is 2. The number of nitrogens with zero attached hydrogens (tertiary/aromatic N) is 2. The van der Waals surface area contributed by atoms with Crippen molar-refractivity contribution in [3.05, 3.63) is 75.8 Å². The number of methoxy groups -OCH3 is 11. The molecule has 0 aromatic heterocycles. The van der Waals surface area contributed by atoms with Gasteiger partial charge in [0.25, 0.3) is 0 Å². The number of ketones is 1. The third-order valence-electron chi connectivity index (χ3n) is 14.3. The monoisotopic (exact) mass is 1050 g/mol. The highest BCUT2D eigenvalue weighted by molar-refractivity contribution is 6.01. The lowest BCUT2D eigenvalue weighted by atomic mass is 9.85. The van der Waals surface area contributed by atoms with Crippen LogP contribution in [-0.4, -0.2) is 146 Å². The first-order chi connectivity index (χ1) is 34.2. The van der Waals surface area contributed by atoms with Crippen molar-refractivity contribution < 1.29 is 100 Å². The molecule has 0 bridgehead atoms. The van der Waals surface area contributed by atoms with Gasteiger partial charge in [-0.2, -0.15) is 0 Å². The van der Waals surface area contributed by atoms with E-state index in [-0.39, 0.29) is 55.7 Å². The predicted octanol–water partition coefficient (Wildman–Crippen LogP) is 1.35. The Labute approximate surface area is 443 Å². The summed E-state index contributed by atoms with van der Waals surface area (Å²) in [4.78, 5) is 26.2. The quantitative estimate of drug-likeness (QED) is 0.0263. The molecule has 16 nitrogen and oxygen atoms in total. The lowest BCUT2D eigenvalue weighted by Crippen LogP contribution is -3.00. The van der Waals surface area contributed by atoms with Crippen LogP contribution in [0.2, 0.25) is 0 Å². The molecule has 4 aromatic rings. The van der Waals surface area contributed by atoms with E-state index in [0.717, 1.165) is 53.7 Å². The highest BCUT2D eigenvalue weighted by atomic mass is 35.5. The molecule has 400 valence electrons. The van der Waals surface area contributed by atoms with E-state index in [0.29, 0.717) is 111 Å². The predicted molar refractivity (Wildman–Crippen MR) is 268 cm³/mol. The van der Waals surface area contributed by atoms with Gasteiger partial charge >= 0.3 is 5.97 Å². The van der Waals surface area contributed by atoms with Crippen molar-refractivity contribution in [2.75, 3.05) is 125 Å². The molecule has 6 rings (SSSR count). The van der Waals surface area contributed by atoms with Crippen molar-refractivity contribution in [3.8, 4) is 75.1 Å². The maximum absolute atomic E-state index is 13.2. The molecule has 0 saturated heterocycles. The fourth-order valence-electron chi connectivity index (χ4n) is 10.5.